The molecule has 0 unspecified atom stereocenters. The lowest BCUT2D eigenvalue weighted by Gasteiger charge is -2.31. The molecule has 4 rings (SSSR count). The number of nitro groups is 1. The van der Waals surface area contributed by atoms with Gasteiger partial charge in [-0.05, 0) is 43.0 Å². The molecule has 1 aliphatic carbocycles. The predicted octanol–water partition coefficient (Wildman–Crippen LogP) is 4.53. The van der Waals surface area contributed by atoms with E-state index in [0.717, 1.165) is 37.7 Å². The molecule has 0 aromatic heterocycles. The Morgan fingerprint density at radius 1 is 0.969 bits per heavy atom. The number of carbonyl (C=O) groups excluding carboxylic acids is 2. The first-order chi connectivity index (χ1) is 15.5. The SMILES string of the molecule is CCN(Cc1ccccc1)C1=C(c2ccc([N+](=O)[O-])cc2)C(=O)N(C2CCCCC2)C1=O. The second kappa shape index (κ2) is 9.34. The Labute approximate surface area is 187 Å². The number of hydrogen-bond donors (Lipinski definition) is 0. The quantitative estimate of drug-likeness (QED) is 0.364. The molecule has 1 aliphatic heterocycles. The summed E-state index contributed by atoms with van der Waals surface area (Å²) >= 11 is 0. The van der Waals surface area contributed by atoms with Crippen molar-refractivity contribution < 1.29 is 14.5 Å². The molecule has 2 aromatic rings. The van der Waals surface area contributed by atoms with Crippen LogP contribution in [0.25, 0.3) is 5.57 Å². The standard InChI is InChI=1S/C25H27N3O4/c1-2-26(17-18-9-5-3-6-10-18)23-22(19-13-15-21(16-14-19)28(31)32)24(29)27(25(23)30)20-11-7-4-8-12-20/h3,5-6,9-10,13-16,20H,2,4,7-8,11-12,17H2,1H3. The van der Waals surface area contributed by atoms with Gasteiger partial charge in [-0.2, -0.15) is 0 Å². The summed E-state index contributed by atoms with van der Waals surface area (Å²) in [6.07, 6.45) is 4.78. The van der Waals surface area contributed by atoms with Crippen LogP contribution in [0.2, 0.25) is 0 Å². The molecule has 0 spiro atoms. The molecule has 166 valence electrons. The Morgan fingerprint density at radius 2 is 1.62 bits per heavy atom. The number of likely N-dealkylation sites (N-methyl/N-ethyl adjacent to an activating group) is 1. The number of nitro benzene ring substituents is 1. The van der Waals surface area contributed by atoms with Gasteiger partial charge in [0.1, 0.15) is 5.70 Å². The molecule has 1 fully saturated rings. The van der Waals surface area contributed by atoms with Crippen molar-refractivity contribution in [2.24, 2.45) is 0 Å². The molecule has 7 nitrogen and oxygen atoms in total. The van der Waals surface area contributed by atoms with Crippen molar-refractivity contribution in [3.8, 4) is 0 Å². The van der Waals surface area contributed by atoms with Gasteiger partial charge in [0.05, 0.1) is 10.5 Å². The second-order valence-corrected chi connectivity index (χ2v) is 8.30. The zero-order chi connectivity index (χ0) is 22.7. The van der Waals surface area contributed by atoms with E-state index < -0.39 is 4.92 Å². The fraction of sp³-hybridized carbons (Fsp3) is 0.360. The Balaban J connectivity index is 1.77. The molecule has 1 saturated carbocycles. The van der Waals surface area contributed by atoms with Crippen molar-refractivity contribution in [3.63, 3.8) is 0 Å². The topological polar surface area (TPSA) is 83.8 Å². The van der Waals surface area contributed by atoms with E-state index in [9.17, 15) is 19.7 Å². The fourth-order valence-electron chi connectivity index (χ4n) is 4.66. The third-order valence-corrected chi connectivity index (χ3v) is 6.31. The van der Waals surface area contributed by atoms with Crippen molar-refractivity contribution >= 4 is 23.1 Å². The van der Waals surface area contributed by atoms with Crippen LogP contribution in [0.4, 0.5) is 5.69 Å². The van der Waals surface area contributed by atoms with Gasteiger partial charge in [0.2, 0.25) is 0 Å². The Bertz CT molecular complexity index is 1040. The lowest BCUT2D eigenvalue weighted by molar-refractivity contribution is -0.384. The zero-order valence-corrected chi connectivity index (χ0v) is 18.2. The van der Waals surface area contributed by atoms with Gasteiger partial charge < -0.3 is 4.90 Å². The molecule has 0 N–H and O–H groups in total. The van der Waals surface area contributed by atoms with Crippen LogP contribution in [0.3, 0.4) is 0 Å². The molecule has 2 aromatic carbocycles. The van der Waals surface area contributed by atoms with E-state index in [4.69, 9.17) is 0 Å². The Hall–Kier alpha value is -3.48. The van der Waals surface area contributed by atoms with E-state index in [1.807, 2.05) is 42.2 Å². The Morgan fingerprint density at radius 3 is 2.22 bits per heavy atom. The van der Waals surface area contributed by atoms with Crippen LogP contribution in [-0.2, 0) is 16.1 Å². The van der Waals surface area contributed by atoms with Crippen LogP contribution in [0, 0.1) is 10.1 Å². The first kappa shape index (κ1) is 21.7. The maximum absolute atomic E-state index is 13.7. The summed E-state index contributed by atoms with van der Waals surface area (Å²) in [6, 6.07) is 15.6. The minimum atomic E-state index is -0.469. The number of rotatable bonds is 7. The van der Waals surface area contributed by atoms with Gasteiger partial charge in [0.15, 0.2) is 0 Å². The van der Waals surface area contributed by atoms with Gasteiger partial charge in [-0.15, -0.1) is 0 Å². The third-order valence-electron chi connectivity index (χ3n) is 6.31. The van der Waals surface area contributed by atoms with E-state index in [1.54, 1.807) is 12.1 Å². The molecular formula is C25H27N3O4. The lowest BCUT2D eigenvalue weighted by atomic mass is 9.94. The van der Waals surface area contributed by atoms with Crippen LogP contribution in [-0.4, -0.2) is 39.1 Å². The van der Waals surface area contributed by atoms with Crippen LogP contribution >= 0.6 is 0 Å². The summed E-state index contributed by atoms with van der Waals surface area (Å²) in [4.78, 5) is 41.3. The normalized spacial score (nSPS) is 17.2. The highest BCUT2D eigenvalue weighted by Crippen LogP contribution is 2.37. The molecule has 7 heteroatoms. The van der Waals surface area contributed by atoms with Crippen molar-refractivity contribution in [2.75, 3.05) is 6.54 Å². The van der Waals surface area contributed by atoms with Crippen molar-refractivity contribution in [3.05, 3.63) is 81.5 Å². The zero-order valence-electron chi connectivity index (χ0n) is 18.2. The maximum Gasteiger partial charge on any atom is 0.278 e. The third kappa shape index (κ3) is 4.15. The van der Waals surface area contributed by atoms with Crippen LogP contribution in [0.1, 0.15) is 50.2 Å². The lowest BCUT2D eigenvalue weighted by Crippen LogP contribution is -2.43. The first-order valence-corrected chi connectivity index (χ1v) is 11.2. The molecule has 0 bridgehead atoms. The summed E-state index contributed by atoms with van der Waals surface area (Å²) in [7, 11) is 0. The summed E-state index contributed by atoms with van der Waals surface area (Å²) in [5.74, 6) is -0.551. The molecule has 0 radical (unpaired) electrons. The minimum absolute atomic E-state index is 0.0477. The van der Waals surface area contributed by atoms with Crippen molar-refractivity contribution in [2.45, 2.75) is 51.6 Å². The van der Waals surface area contributed by atoms with E-state index in [-0.39, 0.29) is 23.5 Å². The van der Waals surface area contributed by atoms with Gasteiger partial charge in [0, 0.05) is 31.3 Å². The summed E-state index contributed by atoms with van der Waals surface area (Å²) in [5, 5.41) is 11.1. The molecule has 1 heterocycles. The second-order valence-electron chi connectivity index (χ2n) is 8.30. The van der Waals surface area contributed by atoms with Gasteiger partial charge in [0.25, 0.3) is 17.5 Å². The van der Waals surface area contributed by atoms with Crippen LogP contribution < -0.4 is 0 Å². The minimum Gasteiger partial charge on any atom is -0.362 e. The molecule has 2 aliphatic rings. The summed E-state index contributed by atoms with van der Waals surface area (Å²) in [5.41, 5.74) is 2.26. The Kier molecular flexibility index (Phi) is 6.35. The highest BCUT2D eigenvalue weighted by Gasteiger charge is 2.44. The number of carbonyl (C=O) groups is 2. The highest BCUT2D eigenvalue weighted by atomic mass is 16.6. The number of nitrogens with zero attached hydrogens (tertiary/aromatic N) is 3. The number of hydrogen-bond acceptors (Lipinski definition) is 5. The molecule has 0 atom stereocenters. The van der Waals surface area contributed by atoms with Gasteiger partial charge in [-0.3, -0.25) is 24.6 Å². The van der Waals surface area contributed by atoms with E-state index in [2.05, 4.69) is 0 Å². The summed E-state index contributed by atoms with van der Waals surface area (Å²) < 4.78 is 0. The number of non-ortho nitro benzene ring substituents is 1. The first-order valence-electron chi connectivity index (χ1n) is 11.2. The van der Waals surface area contributed by atoms with E-state index in [0.29, 0.717) is 29.9 Å². The van der Waals surface area contributed by atoms with Gasteiger partial charge in [-0.25, -0.2) is 0 Å². The average Bonchev–Trinajstić information content (AvgIpc) is 3.08. The van der Waals surface area contributed by atoms with Gasteiger partial charge in [-0.1, -0.05) is 49.6 Å². The number of amides is 2. The predicted molar refractivity (Wildman–Crippen MR) is 121 cm³/mol. The molecular weight excluding hydrogens is 406 g/mol. The molecule has 32 heavy (non-hydrogen) atoms. The average molecular weight is 434 g/mol. The number of imide groups is 1. The van der Waals surface area contributed by atoms with Gasteiger partial charge >= 0.3 is 0 Å². The number of benzene rings is 2. The van der Waals surface area contributed by atoms with E-state index >= 15 is 0 Å². The summed E-state index contributed by atoms with van der Waals surface area (Å²) in [6.45, 7) is 3.02. The van der Waals surface area contributed by atoms with Crippen molar-refractivity contribution in [1.82, 2.24) is 9.80 Å². The maximum atomic E-state index is 13.7. The van der Waals surface area contributed by atoms with Crippen molar-refractivity contribution in [1.29, 1.82) is 0 Å². The smallest absolute Gasteiger partial charge is 0.278 e. The monoisotopic (exact) mass is 433 g/mol. The van der Waals surface area contributed by atoms with Crippen LogP contribution in [0.15, 0.2) is 60.3 Å². The largest absolute Gasteiger partial charge is 0.362 e. The highest BCUT2D eigenvalue weighted by molar-refractivity contribution is 6.35. The van der Waals surface area contributed by atoms with E-state index in [1.165, 1.54) is 17.0 Å². The molecule has 2 amide bonds. The fourth-order valence-corrected chi connectivity index (χ4v) is 4.66. The molecule has 0 saturated heterocycles. The van der Waals surface area contributed by atoms with Crippen LogP contribution in [0.5, 0.6) is 0 Å².